The maximum Gasteiger partial charge on any atom is 0.520 e. The zero-order valence-electron chi connectivity index (χ0n) is 15.7. The third-order valence-corrected chi connectivity index (χ3v) is 5.52. The fraction of sp³-hybridized carbons (Fsp3) is 0.526. The van der Waals surface area contributed by atoms with Crippen molar-refractivity contribution in [3.8, 4) is 0 Å². The Hall–Kier alpha value is -2.11. The van der Waals surface area contributed by atoms with Crippen LogP contribution in [0.5, 0.6) is 0 Å². The number of rotatable bonds is 11. The van der Waals surface area contributed by atoms with Gasteiger partial charge >= 0.3 is 14.0 Å². The van der Waals surface area contributed by atoms with Gasteiger partial charge in [0.15, 0.2) is 0 Å². The summed E-state index contributed by atoms with van der Waals surface area (Å²) in [5, 5.41) is 0. The van der Waals surface area contributed by atoms with E-state index in [0.29, 0.717) is 17.7 Å². The predicted octanol–water partition coefficient (Wildman–Crippen LogP) is 3.55. The van der Waals surface area contributed by atoms with Gasteiger partial charge in [0.1, 0.15) is 6.10 Å². The number of hydrogen-bond donors (Lipinski definition) is 0. The Bertz CT molecular complexity index is 685. The zero-order valence-corrected chi connectivity index (χ0v) is 16.6. The number of carbonyl (C=O) groups is 3. The van der Waals surface area contributed by atoms with Gasteiger partial charge in [-0.2, -0.15) is 0 Å². The molecule has 1 aromatic carbocycles. The van der Waals surface area contributed by atoms with E-state index in [0.717, 1.165) is 32.1 Å². The van der Waals surface area contributed by atoms with E-state index in [1.165, 1.54) is 12.0 Å². The predicted molar refractivity (Wildman–Crippen MR) is 99.9 cm³/mol. The molecule has 2 unspecified atom stereocenters. The van der Waals surface area contributed by atoms with Crippen LogP contribution in [0.15, 0.2) is 24.3 Å². The third kappa shape index (κ3) is 5.94. The van der Waals surface area contributed by atoms with Gasteiger partial charge in [-0.3, -0.25) is 14.5 Å². The van der Waals surface area contributed by atoms with Crippen molar-refractivity contribution in [1.82, 2.24) is 4.90 Å². The highest BCUT2D eigenvalue weighted by atomic mass is 31.1. The normalized spacial score (nSPS) is 14.9. The molecule has 0 saturated heterocycles. The van der Waals surface area contributed by atoms with Crippen LogP contribution >= 0.6 is 8.03 Å². The van der Waals surface area contributed by atoms with Gasteiger partial charge in [0.25, 0.3) is 18.0 Å². The maximum atomic E-state index is 12.2. The lowest BCUT2D eigenvalue weighted by molar-refractivity contribution is -0.137. The first-order valence-corrected chi connectivity index (χ1v) is 10.4. The van der Waals surface area contributed by atoms with Crippen LogP contribution in [-0.4, -0.2) is 48.6 Å². The number of ether oxygens (including phenoxy) is 1. The van der Waals surface area contributed by atoms with Gasteiger partial charge in [0.05, 0.1) is 18.2 Å². The van der Waals surface area contributed by atoms with E-state index in [2.05, 4.69) is 4.74 Å². The molecule has 0 bridgehead atoms. The first kappa shape index (κ1) is 21.2. The molecule has 1 aromatic rings. The number of amides is 2. The highest BCUT2D eigenvalue weighted by Gasteiger charge is 2.34. The number of esters is 1. The Morgan fingerprint density at radius 1 is 1.07 bits per heavy atom. The molecule has 0 fully saturated rings. The molecule has 0 saturated carbocycles. The van der Waals surface area contributed by atoms with Crippen molar-refractivity contribution >= 4 is 25.8 Å². The molecule has 0 aliphatic carbocycles. The smallest absolute Gasteiger partial charge is 0.466 e. The van der Waals surface area contributed by atoms with E-state index >= 15 is 0 Å². The lowest BCUT2D eigenvalue weighted by atomic mass is 10.1. The highest BCUT2D eigenvalue weighted by Crippen LogP contribution is 2.26. The van der Waals surface area contributed by atoms with E-state index in [1.54, 1.807) is 24.3 Å². The quantitative estimate of drug-likeness (QED) is 0.247. The fourth-order valence-electron chi connectivity index (χ4n) is 2.96. The molecule has 1 aliphatic heterocycles. The molecule has 2 amide bonds. The van der Waals surface area contributed by atoms with Crippen LogP contribution in [0.4, 0.5) is 0 Å². The first-order valence-electron chi connectivity index (χ1n) is 9.07. The lowest BCUT2D eigenvalue weighted by Crippen LogP contribution is -2.30. The minimum atomic E-state index is -2.04. The molecule has 146 valence electrons. The van der Waals surface area contributed by atoms with Crippen LogP contribution < -0.4 is 0 Å². The van der Waals surface area contributed by atoms with Gasteiger partial charge in [-0.25, -0.2) is 4.79 Å². The van der Waals surface area contributed by atoms with Crippen LogP contribution in [0.3, 0.4) is 0 Å². The Balaban J connectivity index is 1.60. The number of fused-ring (bicyclic) bond motifs is 1. The summed E-state index contributed by atoms with van der Waals surface area (Å²) >= 11 is 0. The van der Waals surface area contributed by atoms with Gasteiger partial charge in [-0.1, -0.05) is 31.4 Å². The maximum absolute atomic E-state index is 12.2. The van der Waals surface area contributed by atoms with Crippen molar-refractivity contribution in [3.63, 3.8) is 0 Å². The molecule has 2 rings (SSSR count). The van der Waals surface area contributed by atoms with Crippen molar-refractivity contribution in [3.05, 3.63) is 35.4 Å². The molecule has 0 spiro atoms. The van der Waals surface area contributed by atoms with E-state index in [-0.39, 0.29) is 24.1 Å². The minimum absolute atomic E-state index is 0.200. The van der Waals surface area contributed by atoms with Crippen molar-refractivity contribution < 1.29 is 28.2 Å². The summed E-state index contributed by atoms with van der Waals surface area (Å²) in [6, 6.07) is 6.88. The molecular weight excluding hydrogens is 369 g/mol. The summed E-state index contributed by atoms with van der Waals surface area (Å²) in [5.41, 5.74) is 0.962. The Morgan fingerprint density at radius 2 is 1.67 bits per heavy atom. The summed E-state index contributed by atoms with van der Waals surface area (Å²) in [6.45, 7) is 2.24. The molecular formula is C19H25NO6P+. The average molecular weight is 394 g/mol. The number of unbranched alkanes of at least 4 members (excludes halogenated alkanes) is 3. The zero-order chi connectivity index (χ0) is 19.8. The summed E-state index contributed by atoms with van der Waals surface area (Å²) in [7, 11) is -0.791. The molecule has 0 aromatic heterocycles. The summed E-state index contributed by atoms with van der Waals surface area (Å²) in [4.78, 5) is 36.8. The molecule has 27 heavy (non-hydrogen) atoms. The summed E-state index contributed by atoms with van der Waals surface area (Å²) < 4.78 is 21.4. The van der Waals surface area contributed by atoms with Crippen LogP contribution in [0.1, 0.15) is 59.7 Å². The van der Waals surface area contributed by atoms with Crippen LogP contribution in [0, 0.1) is 0 Å². The second-order valence-corrected chi connectivity index (χ2v) is 7.69. The summed E-state index contributed by atoms with van der Waals surface area (Å²) in [6.07, 6.45) is 3.74. The largest absolute Gasteiger partial charge is 0.520 e. The molecule has 1 heterocycles. The summed E-state index contributed by atoms with van der Waals surface area (Å²) in [5.74, 6) is -0.976. The molecule has 0 radical (unpaired) electrons. The van der Waals surface area contributed by atoms with Crippen molar-refractivity contribution in [2.75, 3.05) is 19.8 Å². The van der Waals surface area contributed by atoms with E-state index in [1.807, 2.05) is 6.92 Å². The Kier molecular flexibility index (Phi) is 8.07. The minimum Gasteiger partial charge on any atom is -0.466 e. The van der Waals surface area contributed by atoms with Gasteiger partial charge in [0, 0.05) is 6.54 Å². The monoisotopic (exact) mass is 394 g/mol. The van der Waals surface area contributed by atoms with Gasteiger partial charge in [-0.05, 0) is 36.5 Å². The second kappa shape index (κ2) is 10.3. The first-order chi connectivity index (χ1) is 12.9. The number of benzene rings is 1. The fourth-order valence-corrected chi connectivity index (χ4v) is 3.88. The highest BCUT2D eigenvalue weighted by molar-refractivity contribution is 7.40. The standard InChI is InChI=1S/C19H25NO6P/c1-14(26-27(24)13-17(21)25-2)9-5-3-4-8-12-20-18(22)15-10-6-7-11-16(15)19(20)23/h6-7,10-11,14H,3-5,8-9,12-13H2,1-2H3/q+1. The van der Waals surface area contributed by atoms with Crippen molar-refractivity contribution in [2.24, 2.45) is 0 Å². The van der Waals surface area contributed by atoms with Crippen molar-refractivity contribution in [1.29, 1.82) is 0 Å². The van der Waals surface area contributed by atoms with Gasteiger partial charge in [0.2, 0.25) is 0 Å². The number of nitrogens with zero attached hydrogens (tertiary/aromatic N) is 1. The number of methoxy groups -OCH3 is 1. The molecule has 8 heteroatoms. The topological polar surface area (TPSA) is 90.0 Å². The van der Waals surface area contributed by atoms with Gasteiger partial charge < -0.3 is 4.74 Å². The lowest BCUT2D eigenvalue weighted by Gasteiger charge is -2.13. The van der Waals surface area contributed by atoms with Crippen LogP contribution in [0.2, 0.25) is 0 Å². The molecule has 7 nitrogen and oxygen atoms in total. The number of hydrogen-bond acceptors (Lipinski definition) is 6. The van der Waals surface area contributed by atoms with Crippen molar-refractivity contribution in [2.45, 2.75) is 45.1 Å². The number of carbonyl (C=O) groups excluding carboxylic acids is 3. The van der Waals surface area contributed by atoms with E-state index < -0.39 is 14.0 Å². The van der Waals surface area contributed by atoms with E-state index in [9.17, 15) is 18.9 Å². The van der Waals surface area contributed by atoms with E-state index in [4.69, 9.17) is 4.52 Å². The molecule has 1 aliphatic rings. The van der Waals surface area contributed by atoms with Gasteiger partial charge in [-0.15, -0.1) is 4.52 Å². The third-order valence-electron chi connectivity index (χ3n) is 4.40. The Labute approximate surface area is 159 Å². The SMILES string of the molecule is COC(=O)C[P+](=O)OC(C)CCCCCCN1C(=O)c2ccccc2C1=O. The Morgan fingerprint density at radius 3 is 2.26 bits per heavy atom. The number of imide groups is 1. The average Bonchev–Trinajstić information content (AvgIpc) is 2.89. The van der Waals surface area contributed by atoms with Crippen LogP contribution in [-0.2, 0) is 18.6 Å². The van der Waals surface area contributed by atoms with Crippen LogP contribution in [0.25, 0.3) is 0 Å². The molecule has 2 atom stereocenters. The second-order valence-electron chi connectivity index (χ2n) is 6.49. The molecule has 0 N–H and O–H groups in total.